The Balaban J connectivity index is 2.19. The van der Waals surface area contributed by atoms with Gasteiger partial charge in [0.15, 0.2) is 5.76 Å². The highest BCUT2D eigenvalue weighted by Crippen LogP contribution is 2.15. The first-order valence-electron chi connectivity index (χ1n) is 6.14. The minimum Gasteiger partial charge on any atom is -0.469 e. The number of ether oxygens (including phenoxy) is 1. The summed E-state index contributed by atoms with van der Waals surface area (Å²) < 4.78 is 9.26. The number of nitrogens with one attached hydrogen (secondary N) is 1. The van der Waals surface area contributed by atoms with Crippen LogP contribution in [0.5, 0.6) is 0 Å². The molecule has 0 bridgehead atoms. The van der Waals surface area contributed by atoms with Gasteiger partial charge in [0, 0.05) is 13.0 Å². The molecular formula is C12H16N2O6. The van der Waals surface area contributed by atoms with E-state index in [1.807, 2.05) is 0 Å². The van der Waals surface area contributed by atoms with E-state index in [1.54, 1.807) is 0 Å². The lowest BCUT2D eigenvalue weighted by Gasteiger charge is -2.02. The summed E-state index contributed by atoms with van der Waals surface area (Å²) in [7, 11) is 1.34. The Kier molecular flexibility index (Phi) is 6.21. The van der Waals surface area contributed by atoms with Crippen LogP contribution < -0.4 is 5.32 Å². The topological polar surface area (TPSA) is 112 Å². The molecule has 0 saturated carbocycles. The number of amides is 1. The van der Waals surface area contributed by atoms with E-state index < -0.39 is 16.7 Å². The maximum atomic E-state index is 11.6. The summed E-state index contributed by atoms with van der Waals surface area (Å²) in [6, 6.07) is 2.38. The predicted molar refractivity (Wildman–Crippen MR) is 68.2 cm³/mol. The van der Waals surface area contributed by atoms with Crippen LogP contribution in [0.1, 0.15) is 36.2 Å². The molecule has 0 unspecified atom stereocenters. The Labute approximate surface area is 115 Å². The molecule has 1 rings (SSSR count). The second-order valence-electron chi connectivity index (χ2n) is 4.04. The van der Waals surface area contributed by atoms with Crippen LogP contribution in [0.3, 0.4) is 0 Å². The molecular weight excluding hydrogens is 268 g/mol. The SMILES string of the molecule is COC(=O)CCCCCNC(=O)c1ccc([N+](=O)[O-])o1. The summed E-state index contributed by atoms with van der Waals surface area (Å²) in [6.45, 7) is 0.411. The smallest absolute Gasteiger partial charge is 0.433 e. The number of hydrogen-bond donors (Lipinski definition) is 1. The van der Waals surface area contributed by atoms with Crippen molar-refractivity contribution >= 4 is 17.8 Å². The van der Waals surface area contributed by atoms with Gasteiger partial charge in [-0.25, -0.2) is 0 Å². The fourth-order valence-electron chi connectivity index (χ4n) is 1.51. The van der Waals surface area contributed by atoms with E-state index in [0.29, 0.717) is 25.8 Å². The van der Waals surface area contributed by atoms with Gasteiger partial charge >= 0.3 is 11.9 Å². The Hall–Kier alpha value is -2.38. The Morgan fingerprint density at radius 3 is 2.70 bits per heavy atom. The van der Waals surface area contributed by atoms with E-state index in [-0.39, 0.29) is 11.7 Å². The highest BCUT2D eigenvalue weighted by atomic mass is 16.6. The summed E-state index contributed by atoms with van der Waals surface area (Å²) in [4.78, 5) is 32.1. The molecule has 1 aromatic rings. The number of unbranched alkanes of at least 4 members (excludes halogenated alkanes) is 2. The van der Waals surface area contributed by atoms with Crippen LogP contribution in [0.4, 0.5) is 5.88 Å². The number of carbonyl (C=O) groups is 2. The van der Waals surface area contributed by atoms with Crippen molar-refractivity contribution in [2.24, 2.45) is 0 Å². The zero-order chi connectivity index (χ0) is 15.0. The molecule has 0 saturated heterocycles. The predicted octanol–water partition coefficient (Wildman–Crippen LogP) is 1.65. The number of carbonyl (C=O) groups excluding carboxylic acids is 2. The summed E-state index contributed by atoms with van der Waals surface area (Å²) >= 11 is 0. The number of rotatable bonds is 8. The van der Waals surface area contributed by atoms with Gasteiger partial charge in [-0.15, -0.1) is 0 Å². The van der Waals surface area contributed by atoms with Crippen LogP contribution in [0.2, 0.25) is 0 Å². The van der Waals surface area contributed by atoms with Gasteiger partial charge in [0.05, 0.1) is 13.2 Å². The summed E-state index contributed by atoms with van der Waals surface area (Å²) in [5, 5.41) is 13.0. The molecule has 8 heteroatoms. The number of methoxy groups -OCH3 is 1. The van der Waals surface area contributed by atoms with Gasteiger partial charge < -0.3 is 14.5 Å². The van der Waals surface area contributed by atoms with E-state index in [9.17, 15) is 19.7 Å². The summed E-state index contributed by atoms with van der Waals surface area (Å²) in [6.07, 6.45) is 2.52. The molecule has 1 aromatic heterocycles. The van der Waals surface area contributed by atoms with Crippen molar-refractivity contribution < 1.29 is 23.7 Å². The second-order valence-corrected chi connectivity index (χ2v) is 4.04. The molecule has 0 aliphatic rings. The van der Waals surface area contributed by atoms with Gasteiger partial charge in [0.2, 0.25) is 0 Å². The third-order valence-electron chi connectivity index (χ3n) is 2.57. The maximum Gasteiger partial charge on any atom is 0.433 e. The number of furan rings is 1. The standard InChI is InChI=1S/C12H16N2O6/c1-19-11(15)5-3-2-4-8-13-12(16)9-6-7-10(20-9)14(17)18/h6-7H,2-5,8H2,1H3,(H,13,16). The average Bonchev–Trinajstić information content (AvgIpc) is 2.92. The molecule has 0 aliphatic carbocycles. The van der Waals surface area contributed by atoms with Crippen LogP contribution in [-0.2, 0) is 9.53 Å². The molecule has 0 fully saturated rings. The van der Waals surface area contributed by atoms with Crippen molar-refractivity contribution in [2.75, 3.05) is 13.7 Å². The molecule has 1 N–H and O–H groups in total. The number of nitro groups is 1. The number of hydrogen-bond acceptors (Lipinski definition) is 6. The third-order valence-corrected chi connectivity index (χ3v) is 2.57. The Morgan fingerprint density at radius 1 is 1.35 bits per heavy atom. The molecule has 0 aromatic carbocycles. The van der Waals surface area contributed by atoms with Gasteiger partial charge in [-0.05, 0) is 18.9 Å². The zero-order valence-electron chi connectivity index (χ0n) is 11.1. The molecule has 0 radical (unpaired) electrons. The van der Waals surface area contributed by atoms with Crippen molar-refractivity contribution in [3.8, 4) is 0 Å². The Bertz CT molecular complexity index is 482. The van der Waals surface area contributed by atoms with E-state index in [4.69, 9.17) is 4.42 Å². The monoisotopic (exact) mass is 284 g/mol. The molecule has 20 heavy (non-hydrogen) atoms. The van der Waals surface area contributed by atoms with Gasteiger partial charge in [0.1, 0.15) is 4.92 Å². The van der Waals surface area contributed by atoms with E-state index in [1.165, 1.54) is 13.2 Å². The van der Waals surface area contributed by atoms with Crippen molar-refractivity contribution in [1.29, 1.82) is 0 Å². The normalized spacial score (nSPS) is 10.1. The molecule has 0 aliphatic heterocycles. The first-order valence-corrected chi connectivity index (χ1v) is 6.14. The molecule has 1 heterocycles. The summed E-state index contributed by atoms with van der Waals surface area (Å²) in [5.74, 6) is -1.30. The van der Waals surface area contributed by atoms with Crippen molar-refractivity contribution in [3.05, 3.63) is 28.0 Å². The summed E-state index contributed by atoms with van der Waals surface area (Å²) in [5.41, 5.74) is 0. The largest absolute Gasteiger partial charge is 0.469 e. The third kappa shape index (κ3) is 5.09. The van der Waals surface area contributed by atoms with Crippen LogP contribution in [0.15, 0.2) is 16.5 Å². The first-order chi connectivity index (χ1) is 9.54. The van der Waals surface area contributed by atoms with E-state index in [0.717, 1.165) is 12.5 Å². The van der Waals surface area contributed by atoms with Crippen LogP contribution in [-0.4, -0.2) is 30.5 Å². The first kappa shape index (κ1) is 15.7. The Morgan fingerprint density at radius 2 is 2.10 bits per heavy atom. The van der Waals surface area contributed by atoms with E-state index in [2.05, 4.69) is 10.1 Å². The number of nitrogens with zero attached hydrogens (tertiary/aromatic N) is 1. The average molecular weight is 284 g/mol. The minimum absolute atomic E-state index is 0.0914. The molecule has 0 atom stereocenters. The quantitative estimate of drug-likeness (QED) is 0.336. The lowest BCUT2D eigenvalue weighted by atomic mass is 10.2. The minimum atomic E-state index is -0.705. The molecule has 1 amide bonds. The molecule has 0 spiro atoms. The van der Waals surface area contributed by atoms with E-state index >= 15 is 0 Å². The van der Waals surface area contributed by atoms with Gasteiger partial charge in [-0.2, -0.15) is 0 Å². The van der Waals surface area contributed by atoms with Gasteiger partial charge in [-0.3, -0.25) is 19.7 Å². The van der Waals surface area contributed by atoms with Gasteiger partial charge in [0.25, 0.3) is 5.91 Å². The van der Waals surface area contributed by atoms with Crippen molar-refractivity contribution in [1.82, 2.24) is 5.32 Å². The highest BCUT2D eigenvalue weighted by Gasteiger charge is 2.16. The van der Waals surface area contributed by atoms with Crippen LogP contribution in [0, 0.1) is 10.1 Å². The zero-order valence-corrected chi connectivity index (χ0v) is 11.1. The highest BCUT2D eigenvalue weighted by molar-refractivity contribution is 5.91. The van der Waals surface area contributed by atoms with Crippen LogP contribution >= 0.6 is 0 Å². The second kappa shape index (κ2) is 7.93. The lowest BCUT2D eigenvalue weighted by Crippen LogP contribution is -2.23. The van der Waals surface area contributed by atoms with Crippen LogP contribution in [0.25, 0.3) is 0 Å². The van der Waals surface area contributed by atoms with Crippen molar-refractivity contribution in [3.63, 3.8) is 0 Å². The molecule has 8 nitrogen and oxygen atoms in total. The molecule has 110 valence electrons. The lowest BCUT2D eigenvalue weighted by molar-refractivity contribution is -0.402. The maximum absolute atomic E-state index is 11.6. The fraction of sp³-hybridized carbons (Fsp3) is 0.500. The fourth-order valence-corrected chi connectivity index (χ4v) is 1.51. The number of esters is 1. The van der Waals surface area contributed by atoms with Crippen molar-refractivity contribution in [2.45, 2.75) is 25.7 Å². The van der Waals surface area contributed by atoms with Gasteiger partial charge in [-0.1, -0.05) is 6.42 Å².